The molecule has 1 aromatic rings. The Hall–Kier alpha value is -2.24. The molecule has 1 aliphatic heterocycles. The van der Waals surface area contributed by atoms with E-state index in [-0.39, 0.29) is 23.3 Å². The summed E-state index contributed by atoms with van der Waals surface area (Å²) in [5.41, 5.74) is 1.09. The number of amides is 2. The lowest BCUT2D eigenvalue weighted by atomic mass is 9.93. The van der Waals surface area contributed by atoms with Crippen molar-refractivity contribution in [3.8, 4) is 0 Å². The molecule has 22 heavy (non-hydrogen) atoms. The maximum absolute atomic E-state index is 12.3. The monoisotopic (exact) mass is 302 g/mol. The summed E-state index contributed by atoms with van der Waals surface area (Å²) in [6, 6.07) is 0.0382. The zero-order chi connectivity index (χ0) is 16.5. The van der Waals surface area contributed by atoms with Crippen molar-refractivity contribution in [1.82, 2.24) is 19.8 Å². The molecule has 1 aromatic heterocycles. The van der Waals surface area contributed by atoms with Gasteiger partial charge in [-0.1, -0.05) is 27.4 Å². The van der Waals surface area contributed by atoms with E-state index >= 15 is 0 Å². The molecule has 0 unspecified atom stereocenters. The van der Waals surface area contributed by atoms with Gasteiger partial charge in [-0.2, -0.15) is 0 Å². The molecule has 0 N–H and O–H groups in total. The molecule has 0 saturated carbocycles. The van der Waals surface area contributed by atoms with Crippen LogP contribution in [-0.4, -0.2) is 57.8 Å². The molecule has 2 heterocycles. The van der Waals surface area contributed by atoms with Crippen LogP contribution in [0.25, 0.3) is 0 Å². The standard InChI is InChI=1S/C16H22N4O2/c1-6-14(21)19(5)11-9-20(10-11)15(22)12-7-18-13(8-17-12)16(2,3)4/h6-8,11H,1,9-10H2,2-5H3. The van der Waals surface area contributed by atoms with Gasteiger partial charge >= 0.3 is 0 Å². The molecular weight excluding hydrogens is 280 g/mol. The van der Waals surface area contributed by atoms with Crippen molar-refractivity contribution >= 4 is 11.8 Å². The van der Waals surface area contributed by atoms with Gasteiger partial charge < -0.3 is 9.80 Å². The number of hydrogen-bond donors (Lipinski definition) is 0. The van der Waals surface area contributed by atoms with Crippen LogP contribution >= 0.6 is 0 Å². The average molecular weight is 302 g/mol. The molecule has 0 bridgehead atoms. The summed E-state index contributed by atoms with van der Waals surface area (Å²) < 4.78 is 0. The molecule has 2 amide bonds. The van der Waals surface area contributed by atoms with E-state index < -0.39 is 0 Å². The minimum absolute atomic E-state index is 0.0382. The number of carbonyl (C=O) groups is 2. The van der Waals surface area contributed by atoms with Crippen molar-refractivity contribution in [3.63, 3.8) is 0 Å². The van der Waals surface area contributed by atoms with E-state index in [1.807, 2.05) is 20.8 Å². The van der Waals surface area contributed by atoms with Gasteiger partial charge in [0.05, 0.1) is 17.9 Å². The molecule has 2 rings (SSSR count). The van der Waals surface area contributed by atoms with Crippen LogP contribution in [-0.2, 0) is 10.2 Å². The van der Waals surface area contributed by atoms with E-state index in [4.69, 9.17) is 0 Å². The number of aromatic nitrogens is 2. The first-order chi connectivity index (χ1) is 10.2. The predicted molar refractivity (Wildman–Crippen MR) is 83.4 cm³/mol. The number of nitrogens with zero attached hydrogens (tertiary/aromatic N) is 4. The molecule has 6 nitrogen and oxygen atoms in total. The fraction of sp³-hybridized carbons (Fsp3) is 0.500. The van der Waals surface area contributed by atoms with Gasteiger partial charge in [0, 0.05) is 31.7 Å². The first-order valence-corrected chi connectivity index (χ1v) is 7.25. The highest BCUT2D eigenvalue weighted by Crippen LogP contribution is 2.20. The van der Waals surface area contributed by atoms with Crippen LogP contribution in [0.2, 0.25) is 0 Å². The highest BCUT2D eigenvalue weighted by atomic mass is 16.2. The van der Waals surface area contributed by atoms with Crippen LogP contribution in [0.4, 0.5) is 0 Å². The lowest BCUT2D eigenvalue weighted by Gasteiger charge is -2.43. The zero-order valence-corrected chi connectivity index (χ0v) is 13.5. The highest BCUT2D eigenvalue weighted by molar-refractivity contribution is 5.93. The third kappa shape index (κ3) is 3.16. The van der Waals surface area contributed by atoms with Gasteiger partial charge in [0.25, 0.3) is 5.91 Å². The van der Waals surface area contributed by atoms with Crippen molar-refractivity contribution in [2.45, 2.75) is 32.2 Å². The number of likely N-dealkylation sites (tertiary alicyclic amines) is 1. The van der Waals surface area contributed by atoms with E-state index in [2.05, 4.69) is 16.5 Å². The largest absolute Gasteiger partial charge is 0.336 e. The Morgan fingerprint density at radius 2 is 1.95 bits per heavy atom. The third-order valence-corrected chi connectivity index (χ3v) is 3.86. The topological polar surface area (TPSA) is 66.4 Å². The second kappa shape index (κ2) is 5.87. The SMILES string of the molecule is C=CC(=O)N(C)C1CN(C(=O)c2cnc(C(C)(C)C)cn2)C1. The molecule has 118 valence electrons. The lowest BCUT2D eigenvalue weighted by molar-refractivity contribution is -0.129. The number of hydrogen-bond acceptors (Lipinski definition) is 4. The maximum atomic E-state index is 12.3. The van der Waals surface area contributed by atoms with Gasteiger partial charge in [0.2, 0.25) is 5.91 Å². The summed E-state index contributed by atoms with van der Waals surface area (Å²) in [5.74, 6) is -0.282. The molecule has 6 heteroatoms. The molecule has 0 aliphatic carbocycles. The minimum atomic E-state index is -0.149. The molecule has 1 saturated heterocycles. The van der Waals surface area contributed by atoms with Crippen molar-refractivity contribution in [3.05, 3.63) is 36.4 Å². The Balaban J connectivity index is 1.97. The van der Waals surface area contributed by atoms with Crippen LogP contribution < -0.4 is 0 Å². The molecule has 0 radical (unpaired) electrons. The van der Waals surface area contributed by atoms with Crippen LogP contribution in [0.3, 0.4) is 0 Å². The van der Waals surface area contributed by atoms with Gasteiger partial charge in [0.1, 0.15) is 5.69 Å². The molecular formula is C16H22N4O2. The highest BCUT2D eigenvalue weighted by Gasteiger charge is 2.35. The second-order valence-electron chi connectivity index (χ2n) is 6.55. The van der Waals surface area contributed by atoms with Gasteiger partial charge in [0.15, 0.2) is 0 Å². The summed E-state index contributed by atoms with van der Waals surface area (Å²) in [6.07, 6.45) is 4.45. The normalized spacial score (nSPS) is 15.2. The van der Waals surface area contributed by atoms with E-state index in [9.17, 15) is 9.59 Å². The molecule has 1 fully saturated rings. The Kier molecular flexibility index (Phi) is 4.30. The second-order valence-corrected chi connectivity index (χ2v) is 6.55. The average Bonchev–Trinajstić information content (AvgIpc) is 2.43. The Morgan fingerprint density at radius 3 is 2.41 bits per heavy atom. The molecule has 0 spiro atoms. The number of carbonyl (C=O) groups excluding carboxylic acids is 2. The first kappa shape index (κ1) is 16.1. The molecule has 1 aliphatic rings. The minimum Gasteiger partial charge on any atom is -0.336 e. The van der Waals surface area contributed by atoms with E-state index in [0.29, 0.717) is 18.8 Å². The van der Waals surface area contributed by atoms with E-state index in [0.717, 1.165) is 5.69 Å². The smallest absolute Gasteiger partial charge is 0.274 e. The van der Waals surface area contributed by atoms with Crippen molar-refractivity contribution in [2.75, 3.05) is 20.1 Å². The summed E-state index contributed by atoms with van der Waals surface area (Å²) in [7, 11) is 1.72. The maximum Gasteiger partial charge on any atom is 0.274 e. The Bertz CT molecular complexity index is 583. The van der Waals surface area contributed by atoms with Gasteiger partial charge in [-0.15, -0.1) is 0 Å². The van der Waals surface area contributed by atoms with Gasteiger partial charge in [-0.3, -0.25) is 14.6 Å². The van der Waals surface area contributed by atoms with Crippen LogP contribution in [0.1, 0.15) is 37.0 Å². The van der Waals surface area contributed by atoms with Crippen molar-refractivity contribution in [2.24, 2.45) is 0 Å². The number of likely N-dealkylation sites (N-methyl/N-ethyl adjacent to an activating group) is 1. The zero-order valence-electron chi connectivity index (χ0n) is 13.5. The third-order valence-electron chi connectivity index (χ3n) is 3.86. The van der Waals surface area contributed by atoms with E-state index in [1.165, 1.54) is 12.3 Å². The predicted octanol–water partition coefficient (Wildman–Crippen LogP) is 1.24. The Labute approximate surface area is 130 Å². The molecule has 0 atom stereocenters. The molecule has 0 aromatic carbocycles. The summed E-state index contributed by atoms with van der Waals surface area (Å²) >= 11 is 0. The first-order valence-electron chi connectivity index (χ1n) is 7.25. The summed E-state index contributed by atoms with van der Waals surface area (Å²) in [6.45, 7) is 10.6. The number of rotatable bonds is 3. The van der Waals surface area contributed by atoms with Gasteiger partial charge in [-0.05, 0) is 6.08 Å². The van der Waals surface area contributed by atoms with Crippen molar-refractivity contribution < 1.29 is 9.59 Å². The van der Waals surface area contributed by atoms with Crippen LogP contribution in [0.5, 0.6) is 0 Å². The quantitative estimate of drug-likeness (QED) is 0.788. The lowest BCUT2D eigenvalue weighted by Crippen LogP contribution is -2.61. The fourth-order valence-electron chi connectivity index (χ4n) is 2.18. The van der Waals surface area contributed by atoms with Crippen molar-refractivity contribution in [1.29, 1.82) is 0 Å². The summed E-state index contributed by atoms with van der Waals surface area (Å²) in [5, 5.41) is 0. The van der Waals surface area contributed by atoms with Crippen LogP contribution in [0, 0.1) is 0 Å². The van der Waals surface area contributed by atoms with Crippen LogP contribution in [0.15, 0.2) is 25.0 Å². The Morgan fingerprint density at radius 1 is 1.32 bits per heavy atom. The van der Waals surface area contributed by atoms with E-state index in [1.54, 1.807) is 23.0 Å². The summed E-state index contributed by atoms with van der Waals surface area (Å²) in [4.78, 5) is 35.6. The van der Waals surface area contributed by atoms with Gasteiger partial charge in [-0.25, -0.2) is 4.98 Å². The fourth-order valence-corrected chi connectivity index (χ4v) is 2.18.